The molecule has 0 spiro atoms. The third-order valence-electron chi connectivity index (χ3n) is 2.30. The molecule has 1 aromatic rings. The molecular formula is C13H21N3O3. The van der Waals surface area contributed by atoms with Crippen LogP contribution in [0.1, 0.15) is 6.92 Å². The van der Waals surface area contributed by atoms with Crippen molar-refractivity contribution in [1.29, 1.82) is 0 Å². The molecule has 6 heteroatoms. The van der Waals surface area contributed by atoms with Crippen molar-refractivity contribution in [2.75, 3.05) is 50.7 Å². The second-order valence-corrected chi connectivity index (χ2v) is 4.10. The molecule has 1 rings (SSSR count). The standard InChI is InChI=1S/C13H21N3O3/c1-4-18-7-8-19-10-13(17)15-11-5-6-12(14-9-11)16(2)3/h5-6,9H,4,7-8,10H2,1-3H3,(H,15,17). The Morgan fingerprint density at radius 1 is 1.32 bits per heavy atom. The number of carbonyl (C=O) groups excluding carboxylic acids is 1. The summed E-state index contributed by atoms with van der Waals surface area (Å²) in [6.07, 6.45) is 1.62. The van der Waals surface area contributed by atoms with Gasteiger partial charge in [0.25, 0.3) is 0 Å². The van der Waals surface area contributed by atoms with Gasteiger partial charge in [-0.1, -0.05) is 0 Å². The molecule has 0 radical (unpaired) electrons. The second-order valence-electron chi connectivity index (χ2n) is 4.10. The number of amides is 1. The molecule has 0 bridgehead atoms. The maximum Gasteiger partial charge on any atom is 0.250 e. The summed E-state index contributed by atoms with van der Waals surface area (Å²) in [5.74, 6) is 0.641. The Morgan fingerprint density at radius 3 is 2.63 bits per heavy atom. The second kappa shape index (κ2) is 8.44. The molecule has 1 heterocycles. The molecule has 1 amide bonds. The molecule has 0 atom stereocenters. The number of hydrogen-bond acceptors (Lipinski definition) is 5. The number of aromatic nitrogens is 1. The van der Waals surface area contributed by atoms with Crippen molar-refractivity contribution in [3.63, 3.8) is 0 Å². The third kappa shape index (κ3) is 6.17. The Morgan fingerprint density at radius 2 is 2.05 bits per heavy atom. The fourth-order valence-electron chi connectivity index (χ4n) is 1.35. The number of ether oxygens (including phenoxy) is 2. The fourth-order valence-corrected chi connectivity index (χ4v) is 1.35. The lowest BCUT2D eigenvalue weighted by Gasteiger charge is -2.11. The lowest BCUT2D eigenvalue weighted by molar-refractivity contribution is -0.121. The summed E-state index contributed by atoms with van der Waals surface area (Å²) in [6.45, 7) is 3.50. The van der Waals surface area contributed by atoms with E-state index in [1.165, 1.54) is 0 Å². The predicted molar refractivity (Wildman–Crippen MR) is 74.5 cm³/mol. The van der Waals surface area contributed by atoms with Crippen molar-refractivity contribution >= 4 is 17.4 Å². The number of rotatable bonds is 8. The first kappa shape index (κ1) is 15.4. The molecule has 0 aliphatic carbocycles. The van der Waals surface area contributed by atoms with Crippen LogP contribution in [0.4, 0.5) is 11.5 Å². The molecule has 0 unspecified atom stereocenters. The Hall–Kier alpha value is -1.66. The lowest BCUT2D eigenvalue weighted by atomic mass is 10.4. The SMILES string of the molecule is CCOCCOCC(=O)Nc1ccc(N(C)C)nc1. The van der Waals surface area contributed by atoms with Gasteiger partial charge in [0.2, 0.25) is 5.91 Å². The summed E-state index contributed by atoms with van der Waals surface area (Å²) in [4.78, 5) is 17.6. The zero-order valence-corrected chi connectivity index (χ0v) is 11.7. The lowest BCUT2D eigenvalue weighted by Crippen LogP contribution is -2.20. The molecule has 0 aromatic carbocycles. The van der Waals surface area contributed by atoms with E-state index in [4.69, 9.17) is 9.47 Å². The van der Waals surface area contributed by atoms with E-state index in [0.29, 0.717) is 25.5 Å². The van der Waals surface area contributed by atoms with Crippen LogP contribution in [0.3, 0.4) is 0 Å². The highest BCUT2D eigenvalue weighted by Crippen LogP contribution is 2.11. The summed E-state index contributed by atoms with van der Waals surface area (Å²) >= 11 is 0. The first-order valence-corrected chi connectivity index (χ1v) is 6.22. The zero-order valence-electron chi connectivity index (χ0n) is 11.7. The Labute approximate surface area is 113 Å². The third-order valence-corrected chi connectivity index (χ3v) is 2.30. The molecule has 0 aliphatic rings. The van der Waals surface area contributed by atoms with Gasteiger partial charge in [-0.05, 0) is 19.1 Å². The molecule has 1 N–H and O–H groups in total. The zero-order chi connectivity index (χ0) is 14.1. The molecule has 0 saturated heterocycles. The van der Waals surface area contributed by atoms with Gasteiger partial charge in [0.15, 0.2) is 0 Å². The van der Waals surface area contributed by atoms with E-state index in [-0.39, 0.29) is 12.5 Å². The van der Waals surface area contributed by atoms with Gasteiger partial charge in [-0.15, -0.1) is 0 Å². The Balaban J connectivity index is 2.28. The van der Waals surface area contributed by atoms with E-state index < -0.39 is 0 Å². The number of nitrogens with zero attached hydrogens (tertiary/aromatic N) is 2. The van der Waals surface area contributed by atoms with Crippen LogP contribution >= 0.6 is 0 Å². The smallest absolute Gasteiger partial charge is 0.250 e. The minimum Gasteiger partial charge on any atom is -0.379 e. The van der Waals surface area contributed by atoms with Gasteiger partial charge < -0.3 is 19.7 Å². The normalized spacial score (nSPS) is 10.3. The van der Waals surface area contributed by atoms with Crippen LogP contribution in [-0.2, 0) is 14.3 Å². The molecule has 0 saturated carbocycles. The van der Waals surface area contributed by atoms with Gasteiger partial charge in [-0.2, -0.15) is 0 Å². The first-order chi connectivity index (χ1) is 9.13. The van der Waals surface area contributed by atoms with Gasteiger partial charge in [-0.25, -0.2) is 4.98 Å². The van der Waals surface area contributed by atoms with Crippen LogP contribution in [0.25, 0.3) is 0 Å². The fraction of sp³-hybridized carbons (Fsp3) is 0.538. The highest BCUT2D eigenvalue weighted by Gasteiger charge is 2.03. The van der Waals surface area contributed by atoms with E-state index in [1.807, 2.05) is 32.0 Å². The van der Waals surface area contributed by atoms with Crippen molar-refractivity contribution in [2.45, 2.75) is 6.92 Å². The van der Waals surface area contributed by atoms with Gasteiger partial charge >= 0.3 is 0 Å². The van der Waals surface area contributed by atoms with Crippen LogP contribution in [-0.4, -0.2) is 51.4 Å². The molecular weight excluding hydrogens is 246 g/mol. The number of hydrogen-bond donors (Lipinski definition) is 1. The van der Waals surface area contributed by atoms with Gasteiger partial charge in [0, 0.05) is 20.7 Å². The average Bonchev–Trinajstić information content (AvgIpc) is 2.39. The van der Waals surface area contributed by atoms with E-state index in [2.05, 4.69) is 10.3 Å². The minimum atomic E-state index is -0.198. The molecule has 1 aromatic heterocycles. The maximum atomic E-state index is 11.5. The summed E-state index contributed by atoms with van der Waals surface area (Å²) < 4.78 is 10.3. The Bertz CT molecular complexity index is 379. The maximum absolute atomic E-state index is 11.5. The van der Waals surface area contributed by atoms with Crippen LogP contribution in [0.2, 0.25) is 0 Å². The predicted octanol–water partition coefficient (Wildman–Crippen LogP) is 1.14. The van der Waals surface area contributed by atoms with Gasteiger partial charge in [-0.3, -0.25) is 4.79 Å². The van der Waals surface area contributed by atoms with Crippen LogP contribution < -0.4 is 10.2 Å². The molecule has 19 heavy (non-hydrogen) atoms. The molecule has 106 valence electrons. The quantitative estimate of drug-likeness (QED) is 0.716. The average molecular weight is 267 g/mol. The van der Waals surface area contributed by atoms with Crippen LogP contribution in [0.15, 0.2) is 18.3 Å². The summed E-state index contributed by atoms with van der Waals surface area (Å²) in [5, 5.41) is 2.71. The topological polar surface area (TPSA) is 63.7 Å². The molecule has 0 aliphatic heterocycles. The number of carbonyl (C=O) groups is 1. The summed E-state index contributed by atoms with van der Waals surface area (Å²) in [5.41, 5.74) is 0.656. The number of anilines is 2. The largest absolute Gasteiger partial charge is 0.379 e. The van der Waals surface area contributed by atoms with Crippen molar-refractivity contribution in [3.05, 3.63) is 18.3 Å². The van der Waals surface area contributed by atoms with E-state index in [0.717, 1.165) is 5.82 Å². The van der Waals surface area contributed by atoms with Crippen molar-refractivity contribution < 1.29 is 14.3 Å². The highest BCUT2D eigenvalue weighted by molar-refractivity contribution is 5.91. The van der Waals surface area contributed by atoms with Crippen molar-refractivity contribution in [3.8, 4) is 0 Å². The number of nitrogens with one attached hydrogen (secondary N) is 1. The number of pyridine rings is 1. The van der Waals surface area contributed by atoms with Crippen molar-refractivity contribution in [2.24, 2.45) is 0 Å². The Kier molecular flexibility index (Phi) is 6.84. The molecule has 0 fully saturated rings. The van der Waals surface area contributed by atoms with Crippen LogP contribution in [0, 0.1) is 0 Å². The van der Waals surface area contributed by atoms with Crippen molar-refractivity contribution in [1.82, 2.24) is 4.98 Å². The van der Waals surface area contributed by atoms with Crippen LogP contribution in [0.5, 0.6) is 0 Å². The summed E-state index contributed by atoms with van der Waals surface area (Å²) in [6, 6.07) is 3.64. The highest BCUT2D eigenvalue weighted by atomic mass is 16.5. The van der Waals surface area contributed by atoms with E-state index >= 15 is 0 Å². The first-order valence-electron chi connectivity index (χ1n) is 6.22. The summed E-state index contributed by atoms with van der Waals surface area (Å²) in [7, 11) is 3.82. The monoisotopic (exact) mass is 267 g/mol. The molecule has 6 nitrogen and oxygen atoms in total. The minimum absolute atomic E-state index is 0.0164. The van der Waals surface area contributed by atoms with E-state index in [9.17, 15) is 4.79 Å². The van der Waals surface area contributed by atoms with Gasteiger partial charge in [0.05, 0.1) is 25.1 Å². The van der Waals surface area contributed by atoms with Gasteiger partial charge in [0.1, 0.15) is 12.4 Å². The van der Waals surface area contributed by atoms with E-state index in [1.54, 1.807) is 12.3 Å².